The molecule has 0 unspecified atom stereocenters. The molecule has 0 radical (unpaired) electrons. The van der Waals surface area contributed by atoms with Gasteiger partial charge in [-0.15, -0.1) is 5.10 Å². The summed E-state index contributed by atoms with van der Waals surface area (Å²) in [5, 5.41) is 12.8. The van der Waals surface area contributed by atoms with Gasteiger partial charge in [-0.2, -0.15) is 5.10 Å². The SMILES string of the molecule is O=C(Nc1cccnn1)C(=O)N1CCNCC1. The fraction of sp³-hybridized carbons (Fsp3) is 0.400. The highest BCUT2D eigenvalue weighted by molar-refractivity contribution is 6.39. The number of rotatable bonds is 1. The van der Waals surface area contributed by atoms with Crippen molar-refractivity contribution in [1.29, 1.82) is 0 Å². The van der Waals surface area contributed by atoms with E-state index in [0.29, 0.717) is 26.2 Å². The summed E-state index contributed by atoms with van der Waals surface area (Å²) in [4.78, 5) is 24.9. The average Bonchev–Trinajstić information content (AvgIpc) is 2.40. The highest BCUT2D eigenvalue weighted by atomic mass is 16.2. The normalized spacial score (nSPS) is 15.4. The lowest BCUT2D eigenvalue weighted by Crippen LogP contribution is -2.49. The number of nitrogens with one attached hydrogen (secondary N) is 2. The predicted octanol–water partition coefficient (Wildman–Crippen LogP) is -1.15. The Hall–Kier alpha value is -2.02. The van der Waals surface area contributed by atoms with Crippen molar-refractivity contribution >= 4 is 17.6 Å². The van der Waals surface area contributed by atoms with E-state index in [2.05, 4.69) is 20.8 Å². The molecular formula is C10H13N5O2. The van der Waals surface area contributed by atoms with Crippen LogP contribution in [0.4, 0.5) is 5.82 Å². The van der Waals surface area contributed by atoms with Crippen molar-refractivity contribution in [2.24, 2.45) is 0 Å². The molecule has 17 heavy (non-hydrogen) atoms. The van der Waals surface area contributed by atoms with E-state index in [4.69, 9.17) is 0 Å². The van der Waals surface area contributed by atoms with E-state index in [1.165, 1.54) is 11.1 Å². The third-order valence-corrected chi connectivity index (χ3v) is 2.41. The molecule has 7 heteroatoms. The Kier molecular flexibility index (Phi) is 3.61. The molecule has 1 aromatic heterocycles. The molecular weight excluding hydrogens is 222 g/mol. The van der Waals surface area contributed by atoms with Crippen LogP contribution in [0.5, 0.6) is 0 Å². The third kappa shape index (κ3) is 2.97. The summed E-state index contributed by atoms with van der Waals surface area (Å²) in [5.41, 5.74) is 0. The van der Waals surface area contributed by atoms with Crippen LogP contribution in [0.3, 0.4) is 0 Å². The molecule has 0 aliphatic carbocycles. The number of amides is 2. The summed E-state index contributed by atoms with van der Waals surface area (Å²) in [6, 6.07) is 3.22. The molecule has 0 bridgehead atoms. The number of hydrogen-bond acceptors (Lipinski definition) is 5. The first-order valence-corrected chi connectivity index (χ1v) is 5.36. The number of anilines is 1. The van der Waals surface area contributed by atoms with Gasteiger partial charge in [0.25, 0.3) is 0 Å². The van der Waals surface area contributed by atoms with Crippen LogP contribution in [-0.2, 0) is 9.59 Å². The number of aromatic nitrogens is 2. The molecule has 0 aromatic carbocycles. The lowest BCUT2D eigenvalue weighted by molar-refractivity contribution is -0.143. The van der Waals surface area contributed by atoms with Gasteiger partial charge < -0.3 is 15.5 Å². The number of nitrogens with zero attached hydrogens (tertiary/aromatic N) is 3. The Balaban J connectivity index is 1.93. The first-order valence-electron chi connectivity index (χ1n) is 5.36. The van der Waals surface area contributed by atoms with E-state index in [1.54, 1.807) is 12.1 Å². The standard InChI is InChI=1S/C10H13N5O2/c16-9(13-8-2-1-3-12-14-8)10(17)15-6-4-11-5-7-15/h1-3,11H,4-7H2,(H,13,14,16). The zero-order valence-electron chi connectivity index (χ0n) is 9.22. The van der Waals surface area contributed by atoms with Gasteiger partial charge in [0.2, 0.25) is 0 Å². The van der Waals surface area contributed by atoms with E-state index in [1.807, 2.05) is 0 Å². The van der Waals surface area contributed by atoms with Crippen molar-refractivity contribution in [1.82, 2.24) is 20.4 Å². The van der Waals surface area contributed by atoms with E-state index in [9.17, 15) is 9.59 Å². The van der Waals surface area contributed by atoms with Crippen molar-refractivity contribution in [3.05, 3.63) is 18.3 Å². The van der Waals surface area contributed by atoms with Crippen LogP contribution in [0.15, 0.2) is 18.3 Å². The van der Waals surface area contributed by atoms with Crippen LogP contribution in [0.2, 0.25) is 0 Å². The minimum Gasteiger partial charge on any atom is -0.332 e. The summed E-state index contributed by atoms with van der Waals surface area (Å²) in [6.07, 6.45) is 1.49. The van der Waals surface area contributed by atoms with Crippen molar-refractivity contribution in [2.45, 2.75) is 0 Å². The number of carbonyl (C=O) groups excluding carboxylic acids is 2. The highest BCUT2D eigenvalue weighted by Gasteiger charge is 2.23. The zero-order valence-corrected chi connectivity index (χ0v) is 9.22. The van der Waals surface area contributed by atoms with Crippen molar-refractivity contribution in [3.8, 4) is 0 Å². The van der Waals surface area contributed by atoms with Crippen molar-refractivity contribution in [2.75, 3.05) is 31.5 Å². The number of piperazine rings is 1. The van der Waals surface area contributed by atoms with Crippen LogP contribution in [0, 0.1) is 0 Å². The van der Waals surface area contributed by atoms with Crippen LogP contribution in [0.1, 0.15) is 0 Å². The Morgan fingerprint density at radius 1 is 1.35 bits per heavy atom. The molecule has 2 rings (SSSR count). The maximum Gasteiger partial charge on any atom is 0.315 e. The van der Waals surface area contributed by atoms with Crippen molar-refractivity contribution < 1.29 is 9.59 Å². The fourth-order valence-electron chi connectivity index (χ4n) is 1.55. The summed E-state index contributed by atoms with van der Waals surface area (Å²) < 4.78 is 0. The molecule has 2 N–H and O–H groups in total. The predicted molar refractivity (Wildman–Crippen MR) is 60.1 cm³/mol. The molecule has 1 fully saturated rings. The molecule has 0 atom stereocenters. The Morgan fingerprint density at radius 3 is 2.76 bits per heavy atom. The van der Waals surface area contributed by atoms with Gasteiger partial charge in [-0.3, -0.25) is 9.59 Å². The fourth-order valence-corrected chi connectivity index (χ4v) is 1.55. The first-order chi connectivity index (χ1) is 8.27. The van der Waals surface area contributed by atoms with Gasteiger partial charge in [-0.25, -0.2) is 0 Å². The van der Waals surface area contributed by atoms with Gasteiger partial charge in [0, 0.05) is 32.4 Å². The molecule has 1 saturated heterocycles. The number of hydrogen-bond donors (Lipinski definition) is 2. The maximum atomic E-state index is 11.7. The smallest absolute Gasteiger partial charge is 0.315 e. The maximum absolute atomic E-state index is 11.7. The molecule has 7 nitrogen and oxygen atoms in total. The molecule has 90 valence electrons. The monoisotopic (exact) mass is 235 g/mol. The van der Waals surface area contributed by atoms with Gasteiger partial charge in [-0.1, -0.05) is 0 Å². The quantitative estimate of drug-likeness (QED) is 0.600. The molecule has 1 aliphatic rings. The Labute approximate surface area is 98.2 Å². The lowest BCUT2D eigenvalue weighted by atomic mass is 10.3. The molecule has 2 heterocycles. The zero-order chi connectivity index (χ0) is 12.1. The topological polar surface area (TPSA) is 87.2 Å². The third-order valence-electron chi connectivity index (χ3n) is 2.41. The van der Waals surface area contributed by atoms with Gasteiger partial charge in [0.1, 0.15) is 0 Å². The first kappa shape index (κ1) is 11.5. The van der Waals surface area contributed by atoms with Crippen LogP contribution < -0.4 is 10.6 Å². The van der Waals surface area contributed by atoms with Gasteiger partial charge in [0.05, 0.1) is 0 Å². The molecule has 1 aliphatic heterocycles. The summed E-state index contributed by atoms with van der Waals surface area (Å²) in [6.45, 7) is 2.52. The van der Waals surface area contributed by atoms with Crippen molar-refractivity contribution in [3.63, 3.8) is 0 Å². The minimum absolute atomic E-state index is 0.279. The van der Waals surface area contributed by atoms with Gasteiger partial charge >= 0.3 is 11.8 Å². The second-order valence-corrected chi connectivity index (χ2v) is 3.61. The molecule has 0 saturated carbocycles. The second kappa shape index (κ2) is 5.35. The van der Waals surface area contributed by atoms with Gasteiger partial charge in [-0.05, 0) is 12.1 Å². The second-order valence-electron chi connectivity index (χ2n) is 3.61. The lowest BCUT2D eigenvalue weighted by Gasteiger charge is -2.26. The van der Waals surface area contributed by atoms with E-state index in [0.717, 1.165) is 0 Å². The molecule has 2 amide bonds. The minimum atomic E-state index is -0.674. The summed E-state index contributed by atoms with van der Waals surface area (Å²) in [7, 11) is 0. The van der Waals surface area contributed by atoms with Crippen LogP contribution in [-0.4, -0.2) is 53.1 Å². The van der Waals surface area contributed by atoms with Crippen LogP contribution >= 0.6 is 0 Å². The Bertz CT molecular complexity index is 402. The van der Waals surface area contributed by atoms with Crippen LogP contribution in [0.25, 0.3) is 0 Å². The highest BCUT2D eigenvalue weighted by Crippen LogP contribution is 2.00. The van der Waals surface area contributed by atoms with E-state index >= 15 is 0 Å². The number of carbonyl (C=O) groups is 2. The Morgan fingerprint density at radius 2 is 2.12 bits per heavy atom. The van der Waals surface area contributed by atoms with Gasteiger partial charge in [0.15, 0.2) is 5.82 Å². The molecule has 0 spiro atoms. The average molecular weight is 235 g/mol. The largest absolute Gasteiger partial charge is 0.332 e. The van der Waals surface area contributed by atoms with E-state index in [-0.39, 0.29) is 5.82 Å². The summed E-state index contributed by atoms with van der Waals surface area (Å²) >= 11 is 0. The van der Waals surface area contributed by atoms with E-state index < -0.39 is 11.8 Å². The summed E-state index contributed by atoms with van der Waals surface area (Å²) in [5.74, 6) is -0.925. The molecule has 1 aromatic rings.